The molecule has 1 aromatic carbocycles. The molecular formula is C14H17N3O2. The van der Waals surface area contributed by atoms with Gasteiger partial charge in [0.1, 0.15) is 6.10 Å². The largest absolute Gasteiger partial charge is 0.367 e. The Morgan fingerprint density at radius 2 is 2.16 bits per heavy atom. The summed E-state index contributed by atoms with van der Waals surface area (Å²) < 4.78 is 10.7. The molecule has 0 saturated carbocycles. The third-order valence-corrected chi connectivity index (χ3v) is 3.23. The van der Waals surface area contributed by atoms with Gasteiger partial charge in [0, 0.05) is 26.6 Å². The van der Waals surface area contributed by atoms with Crippen LogP contribution in [0.4, 0.5) is 0 Å². The van der Waals surface area contributed by atoms with Crippen molar-refractivity contribution in [2.24, 2.45) is 0 Å². The smallest absolute Gasteiger partial charge is 0.223 e. The van der Waals surface area contributed by atoms with E-state index in [9.17, 15) is 0 Å². The molecule has 1 atom stereocenters. The summed E-state index contributed by atoms with van der Waals surface area (Å²) in [5, 5.41) is 3.94. The van der Waals surface area contributed by atoms with Crippen LogP contribution < -0.4 is 0 Å². The summed E-state index contributed by atoms with van der Waals surface area (Å²) in [6.45, 7) is 5.15. The van der Waals surface area contributed by atoms with Crippen molar-refractivity contribution >= 4 is 0 Å². The third-order valence-electron chi connectivity index (χ3n) is 3.23. The van der Waals surface area contributed by atoms with E-state index in [2.05, 4.69) is 39.3 Å². The van der Waals surface area contributed by atoms with Gasteiger partial charge in [-0.15, -0.1) is 0 Å². The van der Waals surface area contributed by atoms with Gasteiger partial charge in [0.25, 0.3) is 0 Å². The van der Waals surface area contributed by atoms with Gasteiger partial charge in [-0.05, 0) is 5.56 Å². The van der Waals surface area contributed by atoms with Gasteiger partial charge >= 0.3 is 0 Å². The first-order valence-electron chi connectivity index (χ1n) is 6.49. The molecule has 1 aromatic heterocycles. The molecule has 1 fully saturated rings. The Balaban J connectivity index is 1.65. The zero-order valence-corrected chi connectivity index (χ0v) is 11.0. The molecule has 1 saturated heterocycles. The topological polar surface area (TPSA) is 51.4 Å². The first kappa shape index (κ1) is 12.3. The fraction of sp³-hybridized carbons (Fsp3) is 0.429. The Kier molecular flexibility index (Phi) is 3.57. The molecule has 0 unspecified atom stereocenters. The van der Waals surface area contributed by atoms with Crippen molar-refractivity contribution in [2.75, 3.05) is 19.7 Å². The summed E-state index contributed by atoms with van der Waals surface area (Å²) in [6, 6.07) is 10.4. The first-order valence-corrected chi connectivity index (χ1v) is 6.49. The van der Waals surface area contributed by atoms with Crippen molar-refractivity contribution in [1.82, 2.24) is 15.0 Å². The Bertz CT molecular complexity index is 526. The molecule has 2 heterocycles. The highest BCUT2D eigenvalue weighted by Gasteiger charge is 2.25. The highest BCUT2D eigenvalue weighted by molar-refractivity contribution is 5.14. The number of nitrogens with zero attached hydrogens (tertiary/aromatic N) is 3. The van der Waals surface area contributed by atoms with Gasteiger partial charge in [-0.25, -0.2) is 0 Å². The predicted octanol–water partition coefficient (Wildman–Crippen LogP) is 1.95. The predicted molar refractivity (Wildman–Crippen MR) is 69.4 cm³/mol. The molecule has 5 nitrogen and oxygen atoms in total. The van der Waals surface area contributed by atoms with Gasteiger partial charge in [-0.3, -0.25) is 4.90 Å². The van der Waals surface area contributed by atoms with Gasteiger partial charge < -0.3 is 9.26 Å². The number of morpholine rings is 1. The Morgan fingerprint density at radius 3 is 2.89 bits per heavy atom. The molecule has 3 rings (SSSR count). The number of rotatable bonds is 3. The van der Waals surface area contributed by atoms with E-state index in [-0.39, 0.29) is 6.10 Å². The zero-order chi connectivity index (χ0) is 13.1. The van der Waals surface area contributed by atoms with E-state index in [4.69, 9.17) is 9.26 Å². The van der Waals surface area contributed by atoms with E-state index in [1.165, 1.54) is 5.56 Å². The summed E-state index contributed by atoms with van der Waals surface area (Å²) in [5.41, 5.74) is 1.31. The maximum atomic E-state index is 5.72. The van der Waals surface area contributed by atoms with Crippen LogP contribution in [0.2, 0.25) is 0 Å². The Hall–Kier alpha value is -1.72. The maximum absolute atomic E-state index is 5.72. The van der Waals surface area contributed by atoms with Crippen LogP contribution in [-0.4, -0.2) is 34.7 Å². The van der Waals surface area contributed by atoms with Crippen molar-refractivity contribution in [3.05, 3.63) is 47.6 Å². The number of aromatic nitrogens is 2. The minimum atomic E-state index is -0.0880. The van der Waals surface area contributed by atoms with Crippen molar-refractivity contribution in [2.45, 2.75) is 19.6 Å². The lowest BCUT2D eigenvalue weighted by molar-refractivity contribution is -0.0380. The van der Waals surface area contributed by atoms with E-state index in [1.54, 1.807) is 6.92 Å². The fourth-order valence-corrected chi connectivity index (χ4v) is 2.29. The fourth-order valence-electron chi connectivity index (χ4n) is 2.29. The van der Waals surface area contributed by atoms with Crippen molar-refractivity contribution in [3.8, 4) is 0 Å². The van der Waals surface area contributed by atoms with Crippen LogP contribution in [0, 0.1) is 6.92 Å². The van der Waals surface area contributed by atoms with Crippen molar-refractivity contribution < 1.29 is 9.26 Å². The molecule has 1 aliphatic heterocycles. The molecule has 0 N–H and O–H groups in total. The molecule has 5 heteroatoms. The quantitative estimate of drug-likeness (QED) is 0.843. The van der Waals surface area contributed by atoms with Crippen LogP contribution >= 0.6 is 0 Å². The van der Waals surface area contributed by atoms with Gasteiger partial charge in [0.05, 0.1) is 6.61 Å². The molecule has 0 radical (unpaired) electrons. The highest BCUT2D eigenvalue weighted by Crippen LogP contribution is 2.20. The molecule has 19 heavy (non-hydrogen) atoms. The summed E-state index contributed by atoms with van der Waals surface area (Å²) in [7, 11) is 0. The summed E-state index contributed by atoms with van der Waals surface area (Å²) in [6.07, 6.45) is -0.0880. The number of aryl methyl sites for hydroxylation is 1. The normalized spacial score (nSPS) is 20.6. The highest BCUT2D eigenvalue weighted by atomic mass is 16.5. The first-order chi connectivity index (χ1) is 9.31. The molecule has 0 bridgehead atoms. The van der Waals surface area contributed by atoms with Crippen LogP contribution in [-0.2, 0) is 11.3 Å². The van der Waals surface area contributed by atoms with Crippen LogP contribution in [0.15, 0.2) is 34.9 Å². The van der Waals surface area contributed by atoms with E-state index in [0.717, 1.165) is 19.6 Å². The van der Waals surface area contributed by atoms with E-state index >= 15 is 0 Å². The second-order valence-electron chi connectivity index (χ2n) is 4.75. The minimum Gasteiger partial charge on any atom is -0.367 e. The van der Waals surface area contributed by atoms with Crippen molar-refractivity contribution in [3.63, 3.8) is 0 Å². The van der Waals surface area contributed by atoms with Gasteiger partial charge in [0.2, 0.25) is 11.7 Å². The molecule has 1 aliphatic rings. The summed E-state index contributed by atoms with van der Waals surface area (Å²) >= 11 is 0. The molecular weight excluding hydrogens is 242 g/mol. The Morgan fingerprint density at radius 1 is 1.32 bits per heavy atom. The number of hydrogen-bond acceptors (Lipinski definition) is 5. The monoisotopic (exact) mass is 259 g/mol. The van der Waals surface area contributed by atoms with Gasteiger partial charge in [-0.1, -0.05) is 35.5 Å². The van der Waals surface area contributed by atoms with Crippen LogP contribution in [0.1, 0.15) is 23.4 Å². The average molecular weight is 259 g/mol. The zero-order valence-electron chi connectivity index (χ0n) is 11.0. The maximum Gasteiger partial charge on any atom is 0.223 e. The number of ether oxygens (including phenoxy) is 1. The standard InChI is InChI=1S/C14H17N3O2/c1-11-15-14(16-19-11)13-10-17(7-8-18-13)9-12-5-3-2-4-6-12/h2-6,13H,7-10H2,1H3/t13-/m0/s1. The second-order valence-corrected chi connectivity index (χ2v) is 4.75. The lowest BCUT2D eigenvalue weighted by atomic mass is 10.2. The second kappa shape index (κ2) is 5.50. The molecule has 2 aromatic rings. The van der Waals surface area contributed by atoms with Crippen LogP contribution in [0.25, 0.3) is 0 Å². The van der Waals surface area contributed by atoms with E-state index in [0.29, 0.717) is 18.3 Å². The Labute approximate surface area is 112 Å². The number of benzene rings is 1. The number of hydrogen-bond donors (Lipinski definition) is 0. The van der Waals surface area contributed by atoms with Gasteiger partial charge in [0.15, 0.2) is 0 Å². The lowest BCUT2D eigenvalue weighted by Gasteiger charge is -2.31. The molecule has 0 amide bonds. The van der Waals surface area contributed by atoms with Crippen LogP contribution in [0.5, 0.6) is 0 Å². The third kappa shape index (κ3) is 3.00. The molecule has 100 valence electrons. The van der Waals surface area contributed by atoms with Gasteiger partial charge in [-0.2, -0.15) is 4.98 Å². The van der Waals surface area contributed by atoms with E-state index < -0.39 is 0 Å². The average Bonchev–Trinajstić information content (AvgIpc) is 2.87. The summed E-state index contributed by atoms with van der Waals surface area (Å²) in [5.74, 6) is 1.23. The summed E-state index contributed by atoms with van der Waals surface area (Å²) in [4.78, 5) is 6.60. The molecule has 0 aliphatic carbocycles. The molecule has 0 spiro atoms. The lowest BCUT2D eigenvalue weighted by Crippen LogP contribution is -2.38. The van der Waals surface area contributed by atoms with Crippen molar-refractivity contribution in [1.29, 1.82) is 0 Å². The minimum absolute atomic E-state index is 0.0880. The van der Waals surface area contributed by atoms with Crippen LogP contribution in [0.3, 0.4) is 0 Å². The SMILES string of the molecule is Cc1nc([C@@H]2CN(Cc3ccccc3)CCO2)no1. The van der Waals surface area contributed by atoms with E-state index in [1.807, 2.05) is 6.07 Å².